The number of amides is 1. The summed E-state index contributed by atoms with van der Waals surface area (Å²) in [6, 6.07) is 13.7. The van der Waals surface area contributed by atoms with E-state index < -0.39 is 11.9 Å². The zero-order valence-corrected chi connectivity index (χ0v) is 15.9. The van der Waals surface area contributed by atoms with E-state index in [2.05, 4.69) is 10.1 Å². The molecule has 0 radical (unpaired) electrons. The number of ether oxygens (including phenoxy) is 3. The number of para-hydroxylation sites is 1. The van der Waals surface area contributed by atoms with Gasteiger partial charge in [0.1, 0.15) is 11.6 Å². The molecule has 0 aliphatic rings. The van der Waals surface area contributed by atoms with Gasteiger partial charge in [-0.25, -0.2) is 4.79 Å². The lowest BCUT2D eigenvalue weighted by Crippen LogP contribution is -2.13. The van der Waals surface area contributed by atoms with Crippen molar-refractivity contribution in [1.29, 1.82) is 5.26 Å². The molecule has 0 unspecified atom stereocenters. The van der Waals surface area contributed by atoms with Gasteiger partial charge in [0.2, 0.25) is 0 Å². The molecule has 2 aromatic carbocycles. The van der Waals surface area contributed by atoms with Crippen molar-refractivity contribution in [3.8, 4) is 17.6 Å². The number of carbonyl (C=O) groups is 2. The second kappa shape index (κ2) is 10.00. The van der Waals surface area contributed by atoms with Crippen molar-refractivity contribution in [3.05, 3.63) is 58.6 Å². The summed E-state index contributed by atoms with van der Waals surface area (Å²) < 4.78 is 15.1. The minimum absolute atomic E-state index is 0.120. The summed E-state index contributed by atoms with van der Waals surface area (Å²) in [4.78, 5) is 23.6. The fraction of sp³-hybridized carbons (Fsp3) is 0.150. The SMILES string of the molecule is COC(=O)COc1c(Cl)cc(/C=C(/C#N)C(=O)Nc2ccccc2)cc1OC. The Morgan fingerprint density at radius 3 is 2.54 bits per heavy atom. The summed E-state index contributed by atoms with van der Waals surface area (Å²) in [6.07, 6.45) is 1.37. The lowest BCUT2D eigenvalue weighted by molar-refractivity contribution is -0.142. The van der Waals surface area contributed by atoms with Crippen LogP contribution in [0.25, 0.3) is 6.08 Å². The Kier molecular flexibility index (Phi) is 7.43. The van der Waals surface area contributed by atoms with Gasteiger partial charge in [-0.05, 0) is 35.9 Å². The van der Waals surface area contributed by atoms with E-state index in [0.717, 1.165) is 0 Å². The van der Waals surface area contributed by atoms with Gasteiger partial charge < -0.3 is 19.5 Å². The molecule has 0 aromatic heterocycles. The molecule has 0 saturated heterocycles. The van der Waals surface area contributed by atoms with E-state index in [0.29, 0.717) is 11.3 Å². The molecule has 144 valence electrons. The molecule has 0 fully saturated rings. The predicted molar refractivity (Wildman–Crippen MR) is 104 cm³/mol. The fourth-order valence-electron chi connectivity index (χ4n) is 2.19. The Morgan fingerprint density at radius 1 is 1.21 bits per heavy atom. The first kappa shape index (κ1) is 20.8. The first-order chi connectivity index (χ1) is 13.5. The van der Waals surface area contributed by atoms with Crippen LogP contribution in [0.2, 0.25) is 5.02 Å². The number of benzene rings is 2. The highest BCUT2D eigenvalue weighted by atomic mass is 35.5. The summed E-state index contributed by atoms with van der Waals surface area (Å²) in [5.74, 6) is -0.747. The Hall–Kier alpha value is -3.50. The van der Waals surface area contributed by atoms with E-state index in [1.807, 2.05) is 12.1 Å². The molecule has 7 nitrogen and oxygen atoms in total. The van der Waals surface area contributed by atoms with Gasteiger partial charge in [0.15, 0.2) is 18.1 Å². The van der Waals surface area contributed by atoms with E-state index in [1.165, 1.54) is 32.4 Å². The highest BCUT2D eigenvalue weighted by Gasteiger charge is 2.15. The molecule has 0 spiro atoms. The van der Waals surface area contributed by atoms with E-state index in [1.54, 1.807) is 24.3 Å². The molecule has 28 heavy (non-hydrogen) atoms. The second-order valence-corrected chi connectivity index (χ2v) is 5.80. The van der Waals surface area contributed by atoms with Crippen LogP contribution in [-0.4, -0.2) is 32.7 Å². The quantitative estimate of drug-likeness (QED) is 0.434. The molecule has 2 aromatic rings. The monoisotopic (exact) mass is 400 g/mol. The van der Waals surface area contributed by atoms with E-state index in [-0.39, 0.29) is 28.7 Å². The number of hydrogen-bond donors (Lipinski definition) is 1. The Morgan fingerprint density at radius 2 is 1.93 bits per heavy atom. The molecule has 2 rings (SSSR count). The number of nitriles is 1. The van der Waals surface area contributed by atoms with Gasteiger partial charge in [0, 0.05) is 5.69 Å². The standard InChI is InChI=1S/C20H17ClN2O5/c1-26-17-10-13(9-16(21)19(17)28-12-18(24)27-2)8-14(11-22)20(25)23-15-6-4-3-5-7-15/h3-10H,12H2,1-2H3,(H,23,25)/b14-8-. The molecule has 0 aliphatic heterocycles. The van der Waals surface area contributed by atoms with Crippen molar-refractivity contribution in [2.45, 2.75) is 0 Å². The van der Waals surface area contributed by atoms with Crippen molar-refractivity contribution < 1.29 is 23.8 Å². The van der Waals surface area contributed by atoms with Crippen LogP contribution in [0.3, 0.4) is 0 Å². The van der Waals surface area contributed by atoms with Crippen LogP contribution in [-0.2, 0) is 14.3 Å². The Bertz CT molecular complexity index is 936. The van der Waals surface area contributed by atoms with Gasteiger partial charge in [-0.3, -0.25) is 4.79 Å². The van der Waals surface area contributed by atoms with Crippen LogP contribution in [0.5, 0.6) is 11.5 Å². The number of esters is 1. The zero-order chi connectivity index (χ0) is 20.5. The smallest absolute Gasteiger partial charge is 0.343 e. The van der Waals surface area contributed by atoms with Gasteiger partial charge >= 0.3 is 5.97 Å². The van der Waals surface area contributed by atoms with Crippen molar-refractivity contribution in [3.63, 3.8) is 0 Å². The van der Waals surface area contributed by atoms with E-state index >= 15 is 0 Å². The van der Waals surface area contributed by atoms with Gasteiger partial charge in [-0.15, -0.1) is 0 Å². The van der Waals surface area contributed by atoms with Gasteiger partial charge in [-0.2, -0.15) is 5.26 Å². The van der Waals surface area contributed by atoms with E-state index in [4.69, 9.17) is 21.1 Å². The normalized spacial score (nSPS) is 10.6. The third-order valence-corrected chi connectivity index (χ3v) is 3.80. The van der Waals surface area contributed by atoms with Gasteiger partial charge in [0.05, 0.1) is 19.2 Å². The highest BCUT2D eigenvalue weighted by Crippen LogP contribution is 2.37. The van der Waals surface area contributed by atoms with Crippen molar-refractivity contribution in [1.82, 2.24) is 0 Å². The molecule has 0 saturated carbocycles. The molecule has 0 heterocycles. The Balaban J connectivity index is 2.27. The molecule has 1 N–H and O–H groups in total. The van der Waals surface area contributed by atoms with Crippen LogP contribution in [0, 0.1) is 11.3 Å². The zero-order valence-electron chi connectivity index (χ0n) is 15.2. The average molecular weight is 401 g/mol. The Labute approximate surface area is 167 Å². The fourth-order valence-corrected chi connectivity index (χ4v) is 2.46. The van der Waals surface area contributed by atoms with Crippen molar-refractivity contribution in [2.75, 3.05) is 26.1 Å². The van der Waals surface area contributed by atoms with Crippen molar-refractivity contribution >= 4 is 35.2 Å². The minimum atomic E-state index is -0.577. The van der Waals surface area contributed by atoms with Crippen molar-refractivity contribution in [2.24, 2.45) is 0 Å². The van der Waals surface area contributed by atoms with Gasteiger partial charge in [-0.1, -0.05) is 29.8 Å². The lowest BCUT2D eigenvalue weighted by Gasteiger charge is -2.12. The molecule has 8 heteroatoms. The molecule has 0 aliphatic carbocycles. The van der Waals surface area contributed by atoms with Crippen LogP contribution in [0.1, 0.15) is 5.56 Å². The second-order valence-electron chi connectivity index (χ2n) is 5.39. The summed E-state index contributed by atoms with van der Waals surface area (Å²) in [7, 11) is 2.64. The summed E-state index contributed by atoms with van der Waals surface area (Å²) in [6.45, 7) is -0.343. The molecular weight excluding hydrogens is 384 g/mol. The summed E-state index contributed by atoms with van der Waals surface area (Å²) >= 11 is 6.21. The van der Waals surface area contributed by atoms with Gasteiger partial charge in [0.25, 0.3) is 5.91 Å². The number of halogens is 1. The summed E-state index contributed by atoms with van der Waals surface area (Å²) in [5.41, 5.74) is 0.896. The minimum Gasteiger partial charge on any atom is -0.493 e. The number of nitrogens with zero attached hydrogens (tertiary/aromatic N) is 1. The van der Waals surface area contributed by atoms with Crippen LogP contribution in [0.4, 0.5) is 5.69 Å². The molecule has 0 bridgehead atoms. The molecular formula is C20H17ClN2O5. The molecule has 1 amide bonds. The number of hydrogen-bond acceptors (Lipinski definition) is 6. The highest BCUT2D eigenvalue weighted by molar-refractivity contribution is 6.32. The molecule has 0 atom stereocenters. The first-order valence-electron chi connectivity index (χ1n) is 8.03. The maximum Gasteiger partial charge on any atom is 0.343 e. The van der Waals surface area contributed by atoms with Crippen LogP contribution >= 0.6 is 11.6 Å². The largest absolute Gasteiger partial charge is 0.493 e. The summed E-state index contributed by atoms with van der Waals surface area (Å²) in [5, 5.41) is 12.1. The van der Waals surface area contributed by atoms with E-state index in [9.17, 15) is 14.9 Å². The number of rotatable bonds is 7. The first-order valence-corrected chi connectivity index (χ1v) is 8.41. The number of methoxy groups -OCH3 is 2. The number of nitrogens with one attached hydrogen (secondary N) is 1. The average Bonchev–Trinajstić information content (AvgIpc) is 2.71. The maximum atomic E-state index is 12.3. The third-order valence-electron chi connectivity index (χ3n) is 3.52. The maximum absolute atomic E-state index is 12.3. The number of anilines is 1. The predicted octanol–water partition coefficient (Wildman–Crippen LogP) is 3.45. The van der Waals surface area contributed by atoms with Crippen LogP contribution in [0.15, 0.2) is 48.0 Å². The topological polar surface area (TPSA) is 97.7 Å². The number of carbonyl (C=O) groups excluding carboxylic acids is 2. The van der Waals surface area contributed by atoms with Crippen LogP contribution < -0.4 is 14.8 Å². The lowest BCUT2D eigenvalue weighted by atomic mass is 10.1. The third kappa shape index (κ3) is 5.50.